The number of amides is 1. The number of aromatic nitrogens is 1. The topological polar surface area (TPSA) is 54.0 Å². The Balaban J connectivity index is 0.00000144. The lowest BCUT2D eigenvalue weighted by Crippen LogP contribution is -2.46. The van der Waals surface area contributed by atoms with E-state index in [1.165, 1.54) is 23.6 Å². The molecular weight excluding hydrogens is 372 g/mol. The lowest BCUT2D eigenvalue weighted by atomic mass is 10.0. The predicted molar refractivity (Wildman–Crippen MR) is 100.0 cm³/mol. The highest BCUT2D eigenvalue weighted by molar-refractivity contribution is 7.16. The van der Waals surface area contributed by atoms with Crippen LogP contribution < -0.4 is 10.6 Å². The van der Waals surface area contributed by atoms with Gasteiger partial charge in [-0.25, -0.2) is 9.37 Å². The summed E-state index contributed by atoms with van der Waals surface area (Å²) < 4.78 is 13.8. The van der Waals surface area contributed by atoms with E-state index in [9.17, 15) is 9.18 Å². The molecule has 1 aliphatic heterocycles. The van der Waals surface area contributed by atoms with Gasteiger partial charge in [-0.2, -0.15) is 0 Å². The molecule has 2 atom stereocenters. The molecule has 1 aromatic carbocycles. The molecule has 3 rings (SSSR count). The maximum Gasteiger partial charge on any atom is 0.263 e. The third-order valence-electron chi connectivity index (χ3n) is 3.79. The van der Waals surface area contributed by atoms with E-state index >= 15 is 0 Å². The van der Waals surface area contributed by atoms with Gasteiger partial charge >= 0.3 is 0 Å². The Kier molecular flexibility index (Phi) is 8.09. The zero-order valence-electron chi connectivity index (χ0n) is 13.1. The molecule has 2 aromatic rings. The fraction of sp³-hybridized carbons (Fsp3) is 0.375. The van der Waals surface area contributed by atoms with Gasteiger partial charge in [-0.1, -0.05) is 12.1 Å². The van der Waals surface area contributed by atoms with Crippen LogP contribution in [0.2, 0.25) is 0 Å². The Morgan fingerprint density at radius 1 is 1.38 bits per heavy atom. The molecule has 0 radical (unpaired) electrons. The second-order valence-electron chi connectivity index (χ2n) is 5.56. The third kappa shape index (κ3) is 4.89. The molecular formula is C16H20Cl2FN3OS. The molecule has 1 aromatic heterocycles. The van der Waals surface area contributed by atoms with Crippen LogP contribution in [0.1, 0.15) is 29.4 Å². The molecule has 1 aliphatic rings. The van der Waals surface area contributed by atoms with E-state index in [-0.39, 0.29) is 42.6 Å². The first-order chi connectivity index (χ1) is 10.6. The van der Waals surface area contributed by atoms with Crippen molar-refractivity contribution in [2.75, 3.05) is 6.54 Å². The Labute approximate surface area is 157 Å². The summed E-state index contributed by atoms with van der Waals surface area (Å²) in [4.78, 5) is 17.0. The van der Waals surface area contributed by atoms with Crippen molar-refractivity contribution in [3.63, 3.8) is 0 Å². The highest BCUT2D eigenvalue weighted by Gasteiger charge is 2.21. The quantitative estimate of drug-likeness (QED) is 0.838. The van der Waals surface area contributed by atoms with Crippen molar-refractivity contribution in [2.24, 2.45) is 0 Å². The molecule has 2 heterocycles. The molecule has 24 heavy (non-hydrogen) atoms. The van der Waals surface area contributed by atoms with Crippen LogP contribution in [-0.2, 0) is 0 Å². The number of carbonyl (C=O) groups is 1. The number of piperidine rings is 1. The van der Waals surface area contributed by atoms with Crippen molar-refractivity contribution < 1.29 is 9.18 Å². The van der Waals surface area contributed by atoms with Gasteiger partial charge in [-0.15, -0.1) is 36.2 Å². The fourth-order valence-corrected chi connectivity index (χ4v) is 3.50. The Hall–Kier alpha value is -1.21. The van der Waals surface area contributed by atoms with Crippen LogP contribution in [0.4, 0.5) is 4.39 Å². The van der Waals surface area contributed by atoms with Gasteiger partial charge in [0, 0.05) is 17.6 Å². The Bertz CT molecular complexity index is 683. The van der Waals surface area contributed by atoms with Gasteiger partial charge in [0.1, 0.15) is 15.7 Å². The minimum Gasteiger partial charge on any atom is -0.348 e. The fourth-order valence-electron chi connectivity index (χ4n) is 2.66. The van der Waals surface area contributed by atoms with E-state index in [0.29, 0.717) is 21.5 Å². The number of hydrogen-bond donors (Lipinski definition) is 2. The summed E-state index contributed by atoms with van der Waals surface area (Å²) >= 11 is 1.22. The van der Waals surface area contributed by atoms with E-state index < -0.39 is 0 Å². The Morgan fingerprint density at radius 2 is 2.12 bits per heavy atom. The van der Waals surface area contributed by atoms with E-state index in [4.69, 9.17) is 0 Å². The molecule has 1 fully saturated rings. The second-order valence-corrected chi connectivity index (χ2v) is 6.59. The van der Waals surface area contributed by atoms with E-state index in [2.05, 4.69) is 22.5 Å². The molecule has 1 amide bonds. The van der Waals surface area contributed by atoms with Gasteiger partial charge < -0.3 is 10.6 Å². The second kappa shape index (κ2) is 9.32. The molecule has 2 unspecified atom stereocenters. The van der Waals surface area contributed by atoms with Crippen LogP contribution in [0.25, 0.3) is 10.6 Å². The molecule has 0 saturated carbocycles. The lowest BCUT2D eigenvalue weighted by molar-refractivity contribution is 0.0929. The van der Waals surface area contributed by atoms with Crippen molar-refractivity contribution in [1.82, 2.24) is 15.6 Å². The lowest BCUT2D eigenvalue weighted by Gasteiger charge is -2.28. The van der Waals surface area contributed by atoms with Crippen molar-refractivity contribution in [3.05, 3.63) is 41.2 Å². The molecule has 8 heteroatoms. The number of nitrogens with one attached hydrogen (secondary N) is 2. The minimum atomic E-state index is -0.323. The molecule has 4 nitrogen and oxygen atoms in total. The van der Waals surface area contributed by atoms with Crippen molar-refractivity contribution >= 4 is 42.1 Å². The zero-order chi connectivity index (χ0) is 15.5. The van der Waals surface area contributed by atoms with Crippen molar-refractivity contribution in [3.8, 4) is 10.6 Å². The van der Waals surface area contributed by atoms with Gasteiger partial charge in [0.2, 0.25) is 0 Å². The van der Waals surface area contributed by atoms with Crippen LogP contribution in [0.15, 0.2) is 30.5 Å². The van der Waals surface area contributed by atoms with Crippen LogP contribution in [0.3, 0.4) is 0 Å². The highest BCUT2D eigenvalue weighted by Crippen LogP contribution is 2.27. The number of hydrogen-bond acceptors (Lipinski definition) is 4. The van der Waals surface area contributed by atoms with Crippen LogP contribution in [-0.4, -0.2) is 29.5 Å². The van der Waals surface area contributed by atoms with Crippen LogP contribution >= 0.6 is 36.2 Å². The van der Waals surface area contributed by atoms with Crippen molar-refractivity contribution in [2.45, 2.75) is 31.8 Å². The zero-order valence-corrected chi connectivity index (χ0v) is 15.6. The third-order valence-corrected chi connectivity index (χ3v) is 4.82. The first-order valence-electron chi connectivity index (χ1n) is 7.38. The van der Waals surface area contributed by atoms with Gasteiger partial charge in [-0.3, -0.25) is 4.79 Å². The predicted octanol–water partition coefficient (Wildman–Crippen LogP) is 3.66. The van der Waals surface area contributed by atoms with E-state index in [1.807, 2.05) is 0 Å². The Morgan fingerprint density at radius 3 is 2.83 bits per heavy atom. The number of nitrogens with zero attached hydrogens (tertiary/aromatic N) is 1. The normalized spacial score (nSPS) is 19.8. The number of thiazole rings is 1. The summed E-state index contributed by atoms with van der Waals surface area (Å²) in [5, 5.41) is 6.93. The maximum absolute atomic E-state index is 13.8. The monoisotopic (exact) mass is 391 g/mol. The highest BCUT2D eigenvalue weighted by atomic mass is 35.5. The van der Waals surface area contributed by atoms with Gasteiger partial charge in [-0.05, 0) is 38.4 Å². The average Bonchev–Trinajstić information content (AvgIpc) is 2.97. The summed E-state index contributed by atoms with van der Waals surface area (Å²) in [6.07, 6.45) is 3.37. The minimum absolute atomic E-state index is 0. The van der Waals surface area contributed by atoms with Gasteiger partial charge in [0.25, 0.3) is 5.91 Å². The number of benzene rings is 1. The number of rotatable bonds is 3. The molecule has 1 saturated heterocycles. The summed E-state index contributed by atoms with van der Waals surface area (Å²) in [5.74, 6) is -0.449. The standard InChI is InChI=1S/C16H18FN3OS.2ClH/c1-10-8-11(6-7-18-10)20-15(21)14-9-19-16(22-14)12-4-2-3-5-13(12)17;;/h2-5,9-11,18H,6-8H2,1H3,(H,20,21);2*1H. The van der Waals surface area contributed by atoms with Crippen LogP contribution in [0, 0.1) is 5.82 Å². The maximum atomic E-state index is 13.8. The molecule has 0 aliphatic carbocycles. The molecule has 132 valence electrons. The average molecular weight is 392 g/mol. The number of halogens is 3. The smallest absolute Gasteiger partial charge is 0.263 e. The molecule has 0 spiro atoms. The SMILES string of the molecule is CC1CC(NC(=O)c2cnc(-c3ccccc3F)s2)CCN1.Cl.Cl. The molecule has 2 N–H and O–H groups in total. The number of carbonyl (C=O) groups excluding carboxylic acids is 1. The summed E-state index contributed by atoms with van der Waals surface area (Å²) in [6, 6.07) is 7.06. The van der Waals surface area contributed by atoms with E-state index in [1.54, 1.807) is 18.2 Å². The first-order valence-corrected chi connectivity index (χ1v) is 8.20. The first kappa shape index (κ1) is 20.8. The van der Waals surface area contributed by atoms with Crippen molar-refractivity contribution in [1.29, 1.82) is 0 Å². The summed E-state index contributed by atoms with van der Waals surface area (Å²) in [6.45, 7) is 3.02. The van der Waals surface area contributed by atoms with Crippen LogP contribution in [0.5, 0.6) is 0 Å². The molecule has 0 bridgehead atoms. The largest absolute Gasteiger partial charge is 0.348 e. The summed E-state index contributed by atoms with van der Waals surface area (Å²) in [5.41, 5.74) is 0.432. The van der Waals surface area contributed by atoms with Gasteiger partial charge in [0.15, 0.2) is 0 Å². The summed E-state index contributed by atoms with van der Waals surface area (Å²) in [7, 11) is 0. The van der Waals surface area contributed by atoms with Gasteiger partial charge in [0.05, 0.1) is 6.20 Å². The van der Waals surface area contributed by atoms with E-state index in [0.717, 1.165) is 19.4 Å².